The second-order valence-electron chi connectivity index (χ2n) is 8.85. The molecule has 0 atom stereocenters. The average Bonchev–Trinajstić information content (AvgIpc) is 3.18. The van der Waals surface area contributed by atoms with Crippen molar-refractivity contribution in [3.05, 3.63) is 34.2 Å². The first kappa shape index (κ1) is 27.0. The van der Waals surface area contributed by atoms with E-state index in [0.29, 0.717) is 41.9 Å². The normalized spacial score (nSPS) is 15.4. The minimum absolute atomic E-state index is 0.0105. The Kier molecular flexibility index (Phi) is 7.55. The molecule has 1 saturated heterocycles. The summed E-state index contributed by atoms with van der Waals surface area (Å²) in [7, 11) is -1.79. The quantitative estimate of drug-likeness (QED) is 0.388. The van der Waals surface area contributed by atoms with Crippen molar-refractivity contribution in [3.63, 3.8) is 0 Å². The van der Waals surface area contributed by atoms with Gasteiger partial charge in [0.25, 0.3) is 5.56 Å². The number of ether oxygens (including phenoxy) is 1. The Morgan fingerprint density at radius 1 is 1.08 bits per heavy atom. The van der Waals surface area contributed by atoms with Crippen molar-refractivity contribution in [1.29, 1.82) is 0 Å². The highest BCUT2D eigenvalue weighted by Crippen LogP contribution is 2.33. The van der Waals surface area contributed by atoms with Gasteiger partial charge in [0.15, 0.2) is 5.52 Å². The molecule has 37 heavy (non-hydrogen) atoms. The summed E-state index contributed by atoms with van der Waals surface area (Å²) in [4.78, 5) is 18.7. The molecule has 0 spiro atoms. The van der Waals surface area contributed by atoms with Crippen molar-refractivity contribution in [2.24, 2.45) is 14.1 Å². The number of sulfonamides is 1. The lowest BCUT2D eigenvalue weighted by atomic mass is 10.1. The molecule has 14 heteroatoms. The van der Waals surface area contributed by atoms with Gasteiger partial charge in [-0.1, -0.05) is 13.3 Å². The van der Waals surface area contributed by atoms with Crippen LogP contribution in [0.2, 0.25) is 0 Å². The van der Waals surface area contributed by atoms with E-state index in [2.05, 4.69) is 10.1 Å². The molecule has 0 N–H and O–H groups in total. The summed E-state index contributed by atoms with van der Waals surface area (Å²) in [6.07, 6.45) is 1.47. The van der Waals surface area contributed by atoms with Crippen LogP contribution in [0.5, 0.6) is 5.75 Å². The Bertz CT molecular complexity index is 1670. The van der Waals surface area contributed by atoms with Gasteiger partial charge < -0.3 is 9.30 Å². The van der Waals surface area contributed by atoms with Crippen LogP contribution in [0.1, 0.15) is 26.0 Å². The molecule has 1 aromatic carbocycles. The molecular formula is C23H30N6O6S2. The first-order valence-electron chi connectivity index (χ1n) is 11.9. The summed E-state index contributed by atoms with van der Waals surface area (Å²) in [5.41, 5.74) is 1.51. The second kappa shape index (κ2) is 10.4. The van der Waals surface area contributed by atoms with Crippen molar-refractivity contribution in [2.75, 3.05) is 33.3 Å². The van der Waals surface area contributed by atoms with Crippen LogP contribution in [0, 0.1) is 0 Å². The van der Waals surface area contributed by atoms with E-state index in [1.54, 1.807) is 37.5 Å². The topological polar surface area (TPSA) is 137 Å². The number of fused-ring (bicyclic) bond motifs is 1. The predicted molar refractivity (Wildman–Crippen MR) is 140 cm³/mol. The van der Waals surface area contributed by atoms with Gasteiger partial charge in [0.2, 0.25) is 20.3 Å². The average molecular weight is 551 g/mol. The molecule has 1 fully saturated rings. The Morgan fingerprint density at radius 2 is 1.81 bits per heavy atom. The van der Waals surface area contributed by atoms with E-state index >= 15 is 0 Å². The van der Waals surface area contributed by atoms with Crippen LogP contribution >= 0.6 is 0 Å². The number of aromatic nitrogens is 4. The number of piperazine rings is 1. The van der Waals surface area contributed by atoms with Crippen LogP contribution in [0.3, 0.4) is 0 Å². The zero-order valence-corrected chi connectivity index (χ0v) is 23.1. The standard InChI is InChI=1S/C23H30N6O6S2/c1-6-8-17-20-21(28(5)25-17)23(30)24-22(27(20)4)16-13-15(9-10-18(16)35-7-2)37(33,34)29-12-11-26(3)14-19(29)36(31)32/h9-10,13H,6-8,11-12,14H2,1-5H3. The third-order valence-corrected chi connectivity index (χ3v) is 8.96. The van der Waals surface area contributed by atoms with Crippen LogP contribution < -0.4 is 10.3 Å². The minimum Gasteiger partial charge on any atom is -0.493 e. The zero-order chi connectivity index (χ0) is 27.1. The molecule has 0 amide bonds. The number of nitrogens with zero attached hydrogens (tertiary/aromatic N) is 6. The highest BCUT2D eigenvalue weighted by molar-refractivity contribution is 7.90. The SMILES string of the molecule is CCCc1nn(C)c2c(=O)nc(-c3cc(S(=O)(=O)N4CCN(C)CC4=S(=O)=O)ccc3OCC)n(C)c12. The van der Waals surface area contributed by atoms with Gasteiger partial charge in [-0.2, -0.15) is 22.8 Å². The highest BCUT2D eigenvalue weighted by Gasteiger charge is 2.34. The Balaban J connectivity index is 1.96. The van der Waals surface area contributed by atoms with Gasteiger partial charge in [-0.25, -0.2) is 8.42 Å². The van der Waals surface area contributed by atoms with E-state index in [-0.39, 0.29) is 28.8 Å². The van der Waals surface area contributed by atoms with E-state index < -0.39 is 25.9 Å². The van der Waals surface area contributed by atoms with Crippen molar-refractivity contribution < 1.29 is 21.6 Å². The fraction of sp³-hybridized carbons (Fsp3) is 0.478. The molecule has 0 saturated carbocycles. The maximum atomic E-state index is 13.6. The number of hydrogen-bond acceptors (Lipinski definition) is 9. The molecule has 0 aliphatic carbocycles. The van der Waals surface area contributed by atoms with Crippen LogP contribution in [0.4, 0.5) is 0 Å². The molecule has 1 aliphatic heterocycles. The predicted octanol–water partition coefficient (Wildman–Crippen LogP) is 0.630. The van der Waals surface area contributed by atoms with Crippen LogP contribution in [-0.4, -0.2) is 83.6 Å². The van der Waals surface area contributed by atoms with Gasteiger partial charge in [0.1, 0.15) is 16.6 Å². The van der Waals surface area contributed by atoms with Crippen molar-refractivity contribution in [3.8, 4) is 17.1 Å². The van der Waals surface area contributed by atoms with E-state index in [1.807, 2.05) is 6.92 Å². The Hall–Kier alpha value is -3.07. The molecular weight excluding hydrogens is 520 g/mol. The van der Waals surface area contributed by atoms with Crippen LogP contribution in [0.25, 0.3) is 22.4 Å². The molecule has 3 aromatic rings. The molecule has 200 valence electrons. The lowest BCUT2D eigenvalue weighted by Gasteiger charge is -2.31. The summed E-state index contributed by atoms with van der Waals surface area (Å²) in [6.45, 7) is 4.45. The van der Waals surface area contributed by atoms with Gasteiger partial charge >= 0.3 is 0 Å². The van der Waals surface area contributed by atoms with Gasteiger partial charge in [0, 0.05) is 33.7 Å². The molecule has 3 heterocycles. The highest BCUT2D eigenvalue weighted by atomic mass is 32.2. The number of rotatable bonds is 7. The zero-order valence-electron chi connectivity index (χ0n) is 21.4. The molecule has 12 nitrogen and oxygen atoms in total. The van der Waals surface area contributed by atoms with Gasteiger partial charge in [-0.05, 0) is 38.6 Å². The Labute approximate surface area is 216 Å². The van der Waals surface area contributed by atoms with Gasteiger partial charge in [-0.15, -0.1) is 0 Å². The Morgan fingerprint density at radius 3 is 2.46 bits per heavy atom. The van der Waals surface area contributed by atoms with Gasteiger partial charge in [0.05, 0.1) is 28.3 Å². The fourth-order valence-electron chi connectivity index (χ4n) is 4.55. The largest absolute Gasteiger partial charge is 0.493 e. The number of hydrogen-bond donors (Lipinski definition) is 0. The van der Waals surface area contributed by atoms with Crippen LogP contribution in [-0.2, 0) is 40.8 Å². The lowest BCUT2D eigenvalue weighted by Crippen LogP contribution is -2.51. The lowest BCUT2D eigenvalue weighted by molar-refractivity contribution is 0.320. The summed E-state index contributed by atoms with van der Waals surface area (Å²) in [5.74, 6) is 0.567. The number of benzene rings is 1. The summed E-state index contributed by atoms with van der Waals surface area (Å²) in [5, 5.41) is 4.50. The first-order valence-corrected chi connectivity index (χ1v) is 14.4. The fourth-order valence-corrected chi connectivity index (χ4v) is 7.02. The summed E-state index contributed by atoms with van der Waals surface area (Å²) < 4.78 is 60.9. The van der Waals surface area contributed by atoms with Crippen LogP contribution in [0.15, 0.2) is 27.9 Å². The third kappa shape index (κ3) is 4.81. The first-order chi connectivity index (χ1) is 17.5. The van der Waals surface area contributed by atoms with E-state index in [9.17, 15) is 21.6 Å². The molecule has 1 aliphatic rings. The van der Waals surface area contributed by atoms with E-state index in [0.717, 1.165) is 16.4 Å². The molecule has 0 bridgehead atoms. The smallest absolute Gasteiger partial charge is 0.299 e. The van der Waals surface area contributed by atoms with E-state index in [1.165, 1.54) is 22.9 Å². The third-order valence-electron chi connectivity index (χ3n) is 6.28. The van der Waals surface area contributed by atoms with Crippen molar-refractivity contribution in [1.82, 2.24) is 28.5 Å². The summed E-state index contributed by atoms with van der Waals surface area (Å²) >= 11 is 0. The number of likely N-dealkylation sites (N-methyl/N-ethyl adjacent to an activating group) is 1. The molecule has 4 rings (SSSR count). The van der Waals surface area contributed by atoms with E-state index in [4.69, 9.17) is 4.74 Å². The second-order valence-corrected chi connectivity index (χ2v) is 11.7. The maximum absolute atomic E-state index is 13.6. The summed E-state index contributed by atoms with van der Waals surface area (Å²) in [6, 6.07) is 4.26. The number of aryl methyl sites for hydroxylation is 3. The van der Waals surface area contributed by atoms with Crippen molar-refractivity contribution >= 4 is 36.3 Å². The van der Waals surface area contributed by atoms with Gasteiger partial charge in [-0.3, -0.25) is 14.4 Å². The maximum Gasteiger partial charge on any atom is 0.299 e. The molecule has 0 unspecified atom stereocenters. The van der Waals surface area contributed by atoms with Crippen molar-refractivity contribution in [2.45, 2.75) is 31.6 Å². The minimum atomic E-state index is -4.23. The molecule has 0 radical (unpaired) electrons. The molecule has 2 aromatic heterocycles. The monoisotopic (exact) mass is 550 g/mol.